The molecule has 3 amide bonds. The number of amides is 3. The molecule has 0 bridgehead atoms. The lowest BCUT2D eigenvalue weighted by Gasteiger charge is -2.24. The number of hydrogen-bond donors (Lipinski definition) is 2. The number of likely N-dealkylation sites (tertiary alicyclic amines) is 1. The number of aryl methyl sites for hydroxylation is 1. The van der Waals surface area contributed by atoms with Crippen LogP contribution in [0.4, 0.5) is 10.2 Å². The third-order valence-electron chi connectivity index (χ3n) is 7.54. The zero-order valence-electron chi connectivity index (χ0n) is 22.9. The van der Waals surface area contributed by atoms with Crippen molar-refractivity contribution in [1.29, 1.82) is 0 Å². The molecule has 3 aromatic heterocycles. The van der Waals surface area contributed by atoms with Gasteiger partial charge in [-0.25, -0.2) is 9.07 Å². The van der Waals surface area contributed by atoms with Crippen molar-refractivity contribution >= 4 is 46.0 Å². The summed E-state index contributed by atoms with van der Waals surface area (Å²) in [5.41, 5.74) is 9.59. The summed E-state index contributed by atoms with van der Waals surface area (Å²) in [5.74, 6) is -1.33. The molecule has 4 heterocycles. The van der Waals surface area contributed by atoms with Crippen molar-refractivity contribution in [3.63, 3.8) is 0 Å². The van der Waals surface area contributed by atoms with E-state index in [4.69, 9.17) is 17.3 Å². The Hall–Kier alpha value is -5.10. The minimum atomic E-state index is -1.38. The van der Waals surface area contributed by atoms with Gasteiger partial charge in [-0.05, 0) is 48.4 Å². The number of halogens is 2. The average molecular weight is 601 g/mol. The van der Waals surface area contributed by atoms with Gasteiger partial charge in [0.05, 0.1) is 36.4 Å². The van der Waals surface area contributed by atoms with Crippen molar-refractivity contribution in [2.24, 2.45) is 5.73 Å². The number of alkyl halides is 1. The van der Waals surface area contributed by atoms with Gasteiger partial charge in [-0.2, -0.15) is 15.3 Å². The van der Waals surface area contributed by atoms with Crippen LogP contribution in [-0.4, -0.2) is 65.9 Å². The van der Waals surface area contributed by atoms with Crippen molar-refractivity contribution in [3.8, 4) is 16.8 Å². The molecule has 0 aliphatic carbocycles. The van der Waals surface area contributed by atoms with Crippen LogP contribution >= 0.6 is 11.6 Å². The van der Waals surface area contributed by atoms with E-state index in [9.17, 15) is 18.8 Å². The van der Waals surface area contributed by atoms with Crippen LogP contribution in [0.5, 0.6) is 0 Å². The predicted molar refractivity (Wildman–Crippen MR) is 158 cm³/mol. The van der Waals surface area contributed by atoms with E-state index in [-0.39, 0.29) is 25.1 Å². The number of carbonyl (C=O) groups is 3. The Balaban J connectivity index is 1.24. The normalized spacial score (nSPS) is 16.5. The van der Waals surface area contributed by atoms with Crippen LogP contribution in [0.2, 0.25) is 5.02 Å². The number of rotatable bonds is 7. The van der Waals surface area contributed by atoms with Crippen molar-refractivity contribution in [2.75, 3.05) is 11.9 Å². The number of carbonyl (C=O) groups excluding carboxylic acids is 3. The van der Waals surface area contributed by atoms with Gasteiger partial charge in [-0.1, -0.05) is 23.7 Å². The van der Waals surface area contributed by atoms with Gasteiger partial charge in [-0.15, -0.1) is 0 Å². The van der Waals surface area contributed by atoms with Crippen LogP contribution in [0.1, 0.15) is 22.3 Å². The first kappa shape index (κ1) is 28.0. The highest BCUT2D eigenvalue weighted by Crippen LogP contribution is 2.29. The van der Waals surface area contributed by atoms with Crippen molar-refractivity contribution in [3.05, 3.63) is 89.5 Å². The highest BCUT2D eigenvalue weighted by atomic mass is 35.5. The van der Waals surface area contributed by atoms with Gasteiger partial charge in [0.2, 0.25) is 11.8 Å². The van der Waals surface area contributed by atoms with E-state index in [1.807, 2.05) is 25.1 Å². The van der Waals surface area contributed by atoms with Crippen LogP contribution in [0.3, 0.4) is 0 Å². The number of fused-ring (bicyclic) bond motifs is 1. The summed E-state index contributed by atoms with van der Waals surface area (Å²) in [7, 11) is 0. The number of primary amides is 1. The lowest BCUT2D eigenvalue weighted by atomic mass is 10.0. The summed E-state index contributed by atoms with van der Waals surface area (Å²) in [6, 6.07) is 13.1. The first-order valence-electron chi connectivity index (χ1n) is 13.4. The molecule has 11 nitrogen and oxygen atoms in total. The summed E-state index contributed by atoms with van der Waals surface area (Å²) in [4.78, 5) is 40.5. The summed E-state index contributed by atoms with van der Waals surface area (Å²) in [6.07, 6.45) is 4.65. The second-order valence-electron chi connectivity index (χ2n) is 10.3. The van der Waals surface area contributed by atoms with Crippen molar-refractivity contribution in [1.82, 2.24) is 29.4 Å². The Morgan fingerprint density at radius 2 is 1.91 bits per heavy atom. The molecule has 2 unspecified atom stereocenters. The fourth-order valence-electron chi connectivity index (χ4n) is 5.34. The smallest absolute Gasteiger partial charge is 0.250 e. The second-order valence-corrected chi connectivity index (χ2v) is 10.8. The van der Waals surface area contributed by atoms with E-state index in [0.29, 0.717) is 27.4 Å². The number of benzene rings is 2. The van der Waals surface area contributed by atoms with E-state index in [2.05, 4.69) is 20.6 Å². The van der Waals surface area contributed by atoms with Crippen LogP contribution in [0.25, 0.3) is 27.7 Å². The molecule has 0 radical (unpaired) electrons. The Labute approximate surface area is 250 Å². The summed E-state index contributed by atoms with van der Waals surface area (Å²) in [5, 5.41) is 15.8. The molecule has 1 fully saturated rings. The molecule has 1 saturated heterocycles. The maximum absolute atomic E-state index is 14.7. The summed E-state index contributed by atoms with van der Waals surface area (Å²) in [6.45, 7) is 1.42. The molecule has 1 aliphatic rings. The van der Waals surface area contributed by atoms with Gasteiger partial charge in [0.25, 0.3) is 5.91 Å². The molecule has 6 rings (SSSR count). The molecule has 0 spiro atoms. The van der Waals surface area contributed by atoms with Crippen LogP contribution in [0.15, 0.2) is 73.3 Å². The Morgan fingerprint density at radius 3 is 2.65 bits per heavy atom. The van der Waals surface area contributed by atoms with Gasteiger partial charge in [0.15, 0.2) is 0 Å². The predicted octanol–water partition coefficient (Wildman–Crippen LogP) is 3.92. The zero-order chi connectivity index (χ0) is 30.2. The van der Waals surface area contributed by atoms with Gasteiger partial charge in [0, 0.05) is 40.2 Å². The number of nitrogens with two attached hydrogens (primary N) is 1. The monoisotopic (exact) mass is 600 g/mol. The number of nitrogens with zero attached hydrogens (tertiary/aromatic N) is 6. The molecule has 43 heavy (non-hydrogen) atoms. The van der Waals surface area contributed by atoms with Gasteiger partial charge in [0.1, 0.15) is 24.6 Å². The highest BCUT2D eigenvalue weighted by molar-refractivity contribution is 6.31. The molecule has 3 N–H and O–H groups in total. The molecule has 2 aromatic carbocycles. The van der Waals surface area contributed by atoms with E-state index >= 15 is 0 Å². The Morgan fingerprint density at radius 1 is 1.07 bits per heavy atom. The molecule has 0 saturated carbocycles. The summed E-state index contributed by atoms with van der Waals surface area (Å²) >= 11 is 6.27. The van der Waals surface area contributed by atoms with E-state index in [1.54, 1.807) is 47.3 Å². The average Bonchev–Trinajstić information content (AvgIpc) is 3.72. The quantitative estimate of drug-likeness (QED) is 0.290. The number of nitrogens with one attached hydrogen (secondary N) is 1. The number of anilines is 1. The third-order valence-corrected chi connectivity index (χ3v) is 7.94. The van der Waals surface area contributed by atoms with Crippen LogP contribution < -0.4 is 11.1 Å². The molecule has 1 aliphatic heterocycles. The SMILES string of the molecule is Cc1ccc(-n2nccc2NC(=O)C2CC(F)CN2C(=O)Cn2cc(C(N)=O)c3cc(-c4ccnnc4)ccc32)cc1Cl. The standard InChI is InChI=1S/C30H26ClFN8O3/c1-17-2-4-21(12-24(17)31)40-27(7-9-36-40)37-30(43)26-11-20(32)14-39(26)28(41)16-38-15-23(29(33)42)22-10-18(3-5-25(22)38)19-6-8-34-35-13-19/h2-10,12-13,15,20,26H,11,14,16H2,1H3,(H2,33,42)(H,37,43). The van der Waals surface area contributed by atoms with E-state index < -0.39 is 29.9 Å². The molecule has 2 atom stereocenters. The maximum Gasteiger partial charge on any atom is 0.250 e. The Kier molecular flexibility index (Phi) is 7.36. The first-order chi connectivity index (χ1) is 20.7. The maximum atomic E-state index is 14.7. The second kappa shape index (κ2) is 11.3. The van der Waals surface area contributed by atoms with Gasteiger partial charge >= 0.3 is 0 Å². The molecular weight excluding hydrogens is 575 g/mol. The van der Waals surface area contributed by atoms with Gasteiger partial charge in [-0.3, -0.25) is 14.4 Å². The topological polar surface area (TPSA) is 141 Å². The van der Waals surface area contributed by atoms with E-state index in [1.165, 1.54) is 22.0 Å². The van der Waals surface area contributed by atoms with Crippen molar-refractivity contribution in [2.45, 2.75) is 32.1 Å². The molecule has 13 heteroatoms. The van der Waals surface area contributed by atoms with Crippen LogP contribution in [-0.2, 0) is 16.1 Å². The minimum absolute atomic E-state index is 0.148. The lowest BCUT2D eigenvalue weighted by molar-refractivity contribution is -0.137. The van der Waals surface area contributed by atoms with Crippen LogP contribution in [0, 0.1) is 6.92 Å². The number of hydrogen-bond acceptors (Lipinski definition) is 6. The summed E-state index contributed by atoms with van der Waals surface area (Å²) < 4.78 is 17.8. The number of aromatic nitrogens is 5. The fraction of sp³-hybridized carbons (Fsp3) is 0.200. The zero-order valence-corrected chi connectivity index (χ0v) is 23.7. The minimum Gasteiger partial charge on any atom is -0.366 e. The van der Waals surface area contributed by atoms with E-state index in [0.717, 1.165) is 16.7 Å². The first-order valence-corrected chi connectivity index (χ1v) is 13.8. The largest absolute Gasteiger partial charge is 0.366 e. The highest BCUT2D eigenvalue weighted by Gasteiger charge is 2.40. The molecule has 218 valence electrons. The van der Waals surface area contributed by atoms with Gasteiger partial charge < -0.3 is 20.5 Å². The van der Waals surface area contributed by atoms with Crippen molar-refractivity contribution < 1.29 is 18.8 Å². The lowest BCUT2D eigenvalue weighted by Crippen LogP contribution is -2.44. The fourth-order valence-corrected chi connectivity index (χ4v) is 5.51. The molecular formula is C30H26ClFN8O3. The molecule has 5 aromatic rings. The third kappa shape index (κ3) is 5.44. The Bertz CT molecular complexity index is 1870.